The van der Waals surface area contributed by atoms with Gasteiger partial charge >= 0.3 is 0 Å². The van der Waals surface area contributed by atoms with Crippen LogP contribution in [0.1, 0.15) is 6.92 Å². The summed E-state index contributed by atoms with van der Waals surface area (Å²) in [6.45, 7) is 34.5. The van der Waals surface area contributed by atoms with Crippen molar-refractivity contribution in [1.82, 2.24) is 8.75 Å². The minimum absolute atomic E-state index is 0.776. The molecule has 0 spiro atoms. The lowest BCUT2D eigenvalue weighted by Crippen LogP contribution is -2.60. The zero-order valence-corrected chi connectivity index (χ0v) is 23.4. The Bertz CT molecular complexity index is 497. The number of hydrogen-bond donors (Lipinski definition) is 1. The van der Waals surface area contributed by atoms with E-state index in [9.17, 15) is 0 Å². The van der Waals surface area contributed by atoms with E-state index < -0.39 is 40.5 Å². The van der Waals surface area contributed by atoms with Gasteiger partial charge in [0.25, 0.3) is 0 Å². The third-order valence-corrected chi connectivity index (χ3v) is 23.0. The molecule has 0 fully saturated rings. The van der Waals surface area contributed by atoms with E-state index in [0.29, 0.717) is 0 Å². The average molecular weight is 424 g/mol. The number of nitrogens with zero attached hydrogens (tertiary/aromatic N) is 2. The molecule has 0 aliphatic carbocycles. The summed E-state index contributed by atoms with van der Waals surface area (Å²) < 4.78 is 18.9. The molecule has 0 rings (SSSR count). The Labute approximate surface area is 156 Å². The third kappa shape index (κ3) is 8.29. The summed E-state index contributed by atoms with van der Waals surface area (Å²) in [6, 6.07) is 0. The SMILES string of the molecule is C=C(C)OP(=N[Si](C)(C)C)(N[Si](C)(C)C)N([Si](C)(C)C)[Si](C)(C)C. The maximum atomic E-state index is 6.61. The van der Waals surface area contributed by atoms with Crippen LogP contribution >= 0.6 is 7.58 Å². The maximum absolute atomic E-state index is 6.61. The Morgan fingerprint density at radius 3 is 1.46 bits per heavy atom. The largest absolute Gasteiger partial charge is 0.443 e. The maximum Gasteiger partial charge on any atom is 0.247 e. The first-order chi connectivity index (χ1) is 10.2. The van der Waals surface area contributed by atoms with E-state index in [-0.39, 0.29) is 0 Å². The molecule has 0 heterocycles. The van der Waals surface area contributed by atoms with Crippen LogP contribution in [0, 0.1) is 0 Å². The lowest BCUT2D eigenvalue weighted by molar-refractivity contribution is 0.445. The summed E-state index contributed by atoms with van der Waals surface area (Å²) in [5.41, 5.74) is 0. The molecule has 144 valence electrons. The van der Waals surface area contributed by atoms with Crippen molar-refractivity contribution in [3.8, 4) is 0 Å². The van der Waals surface area contributed by atoms with E-state index in [1.54, 1.807) is 0 Å². The highest BCUT2D eigenvalue weighted by Gasteiger charge is 2.48. The first-order valence-corrected chi connectivity index (χ1v) is 24.2. The zero-order chi connectivity index (χ0) is 19.8. The molecule has 4 nitrogen and oxygen atoms in total. The molecular formula is C15H42N3OPSi4. The van der Waals surface area contributed by atoms with Crippen molar-refractivity contribution >= 4 is 40.5 Å². The Balaban J connectivity index is 6.86. The highest BCUT2D eigenvalue weighted by atomic mass is 31.2. The van der Waals surface area contributed by atoms with Gasteiger partial charge in [0, 0.05) is 0 Å². The van der Waals surface area contributed by atoms with Gasteiger partial charge in [-0.05, 0) is 26.6 Å². The third-order valence-electron chi connectivity index (χ3n) is 2.74. The van der Waals surface area contributed by atoms with E-state index in [1.165, 1.54) is 0 Å². The number of hydrogen-bond acceptors (Lipinski definition) is 2. The summed E-state index contributed by atoms with van der Waals surface area (Å²) in [4.78, 5) is 0. The van der Waals surface area contributed by atoms with Crippen LogP contribution in [0.25, 0.3) is 0 Å². The van der Waals surface area contributed by atoms with Crippen molar-refractivity contribution < 1.29 is 4.52 Å². The highest BCUT2D eigenvalue weighted by molar-refractivity contribution is 7.64. The molecule has 0 aliphatic rings. The van der Waals surface area contributed by atoms with Crippen LogP contribution in [-0.4, -0.2) is 36.9 Å². The molecule has 24 heavy (non-hydrogen) atoms. The van der Waals surface area contributed by atoms with Crippen molar-refractivity contribution in [3.05, 3.63) is 12.3 Å². The fourth-order valence-corrected chi connectivity index (χ4v) is 28.6. The van der Waals surface area contributed by atoms with Gasteiger partial charge < -0.3 is 4.52 Å². The van der Waals surface area contributed by atoms with Gasteiger partial charge in [0.1, 0.15) is 24.7 Å². The second-order valence-corrected chi connectivity index (χ2v) is 33.6. The van der Waals surface area contributed by atoms with Crippen molar-refractivity contribution in [2.75, 3.05) is 0 Å². The van der Waals surface area contributed by atoms with Crippen molar-refractivity contribution in [1.29, 1.82) is 0 Å². The van der Waals surface area contributed by atoms with Crippen molar-refractivity contribution in [2.45, 2.75) is 85.5 Å². The molecule has 0 radical (unpaired) electrons. The number of nitrogens with one attached hydrogen (secondary N) is 1. The summed E-state index contributed by atoms with van der Waals surface area (Å²) in [6.07, 6.45) is 0. The molecule has 0 aromatic carbocycles. The Morgan fingerprint density at radius 1 is 0.875 bits per heavy atom. The molecule has 9 heteroatoms. The van der Waals surface area contributed by atoms with E-state index in [4.69, 9.17) is 8.93 Å². The molecule has 0 aromatic heterocycles. The molecule has 0 saturated carbocycles. The summed E-state index contributed by atoms with van der Waals surface area (Å²) >= 11 is 0. The van der Waals surface area contributed by atoms with Crippen LogP contribution in [-0.2, 0) is 4.52 Å². The van der Waals surface area contributed by atoms with Crippen molar-refractivity contribution in [2.24, 2.45) is 4.41 Å². The van der Waals surface area contributed by atoms with Crippen LogP contribution in [0.2, 0.25) is 78.6 Å². The normalized spacial score (nSPS) is 16.8. The minimum atomic E-state index is -2.29. The molecule has 1 unspecified atom stereocenters. The zero-order valence-electron chi connectivity index (χ0n) is 18.5. The van der Waals surface area contributed by atoms with Gasteiger partial charge in [0.05, 0.1) is 5.76 Å². The predicted molar refractivity (Wildman–Crippen MR) is 124 cm³/mol. The molecule has 0 bridgehead atoms. The van der Waals surface area contributed by atoms with Gasteiger partial charge in [0.2, 0.25) is 7.58 Å². The fourth-order valence-electron chi connectivity index (χ4n) is 3.08. The average Bonchev–Trinajstić information content (AvgIpc) is 2.00. The van der Waals surface area contributed by atoms with Gasteiger partial charge in [-0.15, -0.1) is 0 Å². The summed E-state index contributed by atoms with van der Waals surface area (Å²) in [7, 11) is -8.93. The Hall–Kier alpha value is 0.558. The van der Waals surface area contributed by atoms with Crippen LogP contribution in [0.3, 0.4) is 0 Å². The van der Waals surface area contributed by atoms with Gasteiger partial charge in [-0.3, -0.25) is 13.2 Å². The molecule has 0 amide bonds. The Kier molecular flexibility index (Phi) is 7.84. The van der Waals surface area contributed by atoms with Gasteiger partial charge in [-0.1, -0.05) is 65.5 Å². The minimum Gasteiger partial charge on any atom is -0.443 e. The first kappa shape index (κ1) is 24.6. The smallest absolute Gasteiger partial charge is 0.247 e. The molecule has 0 aromatic rings. The number of rotatable bonds is 8. The van der Waals surface area contributed by atoms with Gasteiger partial charge in [-0.25, -0.2) is 0 Å². The van der Waals surface area contributed by atoms with Crippen LogP contribution in [0.5, 0.6) is 0 Å². The van der Waals surface area contributed by atoms with Crippen LogP contribution in [0.4, 0.5) is 0 Å². The Morgan fingerprint density at radius 2 is 1.25 bits per heavy atom. The summed E-state index contributed by atoms with van der Waals surface area (Å²) in [5.74, 6) is 0.776. The van der Waals surface area contributed by atoms with Crippen molar-refractivity contribution in [3.63, 3.8) is 0 Å². The lowest BCUT2D eigenvalue weighted by Gasteiger charge is -2.52. The topological polar surface area (TPSA) is 36.9 Å². The van der Waals surface area contributed by atoms with E-state index >= 15 is 0 Å². The molecule has 1 atom stereocenters. The van der Waals surface area contributed by atoms with E-state index in [0.717, 1.165) is 5.76 Å². The predicted octanol–water partition coefficient (Wildman–Crippen LogP) is 6.71. The molecule has 1 N–H and O–H groups in total. The van der Waals surface area contributed by atoms with E-state index in [1.807, 2.05) is 6.92 Å². The monoisotopic (exact) mass is 423 g/mol. The van der Waals surface area contributed by atoms with Gasteiger partial charge in [-0.2, -0.15) is 0 Å². The summed E-state index contributed by atoms with van der Waals surface area (Å²) in [5, 5.41) is 0. The molecule has 0 aliphatic heterocycles. The standard InChI is InChI=1S/C15H42N3OPSi4/c1-15(2)19-20(16-21(3,4)5,17-22(6,7)8)18(23(9,10)11)24(12,13)14/h16H,1H2,2-14H3. The second-order valence-electron chi connectivity index (χ2n) is 10.6. The first-order valence-electron chi connectivity index (χ1n) is 8.78. The van der Waals surface area contributed by atoms with Gasteiger partial charge in [0.15, 0.2) is 8.24 Å². The van der Waals surface area contributed by atoms with E-state index in [2.05, 4.69) is 93.9 Å². The quantitative estimate of drug-likeness (QED) is 0.267. The highest BCUT2D eigenvalue weighted by Crippen LogP contribution is 2.59. The number of allylic oxidation sites excluding steroid dienone is 1. The van der Waals surface area contributed by atoms with Crippen LogP contribution < -0.4 is 4.75 Å². The van der Waals surface area contributed by atoms with Crippen LogP contribution in [0.15, 0.2) is 16.7 Å². The fraction of sp³-hybridized carbons (Fsp3) is 0.867. The lowest BCUT2D eigenvalue weighted by atomic mass is 10.7. The molecule has 0 saturated heterocycles. The molecular weight excluding hydrogens is 382 g/mol. The second kappa shape index (κ2) is 7.66.